The van der Waals surface area contributed by atoms with E-state index in [1.165, 1.54) is 0 Å². The molecule has 0 aromatic heterocycles. The number of hydrogen-bond donors (Lipinski definition) is 0. The molecule has 0 aromatic rings. The van der Waals surface area contributed by atoms with Crippen molar-refractivity contribution in [3.8, 4) is 0 Å². The summed E-state index contributed by atoms with van der Waals surface area (Å²) in [5, 5.41) is 0. The van der Waals surface area contributed by atoms with E-state index in [0.717, 1.165) is 3.48 Å². The van der Waals surface area contributed by atoms with Crippen molar-refractivity contribution in [1.29, 1.82) is 0 Å². The summed E-state index contributed by atoms with van der Waals surface area (Å²) in [5.41, 5.74) is 1.51. The minimum absolute atomic E-state index is 0.502. The first-order chi connectivity index (χ1) is 8.06. The molecule has 0 spiro atoms. The zero-order valence-electron chi connectivity index (χ0n) is 15.7. The van der Waals surface area contributed by atoms with Crippen LogP contribution in [-0.4, -0.2) is 21.2 Å². The third-order valence-corrected chi connectivity index (χ3v) is 34.0. The summed E-state index contributed by atoms with van der Waals surface area (Å²) in [5.74, 6) is 0. The molecule has 0 aliphatic carbocycles. The SMILES string of the molecule is C[CH](C)[Pb]([CH2]C(C)(C)C)([CH2]C(C)(C)C)[CH2]C(C)(C)C. The quantitative estimate of drug-likeness (QED) is 0.394. The fourth-order valence-electron chi connectivity index (χ4n) is 3.97. The molecular formula is C18H40Pb. The first kappa shape index (κ1) is 19.9. The second-order valence-corrected chi connectivity index (χ2v) is 29.9. The van der Waals surface area contributed by atoms with Gasteiger partial charge in [-0.05, 0) is 0 Å². The molecule has 0 bridgehead atoms. The minimum atomic E-state index is -2.32. The van der Waals surface area contributed by atoms with E-state index >= 15 is 0 Å². The monoisotopic (exact) mass is 464 g/mol. The molecule has 0 saturated carbocycles. The van der Waals surface area contributed by atoms with E-state index in [2.05, 4.69) is 76.2 Å². The molecule has 0 N–H and O–H groups in total. The molecule has 0 aliphatic rings. The average molecular weight is 464 g/mol. The summed E-state index contributed by atoms with van der Waals surface area (Å²) in [6, 6.07) is 0. The molecule has 0 aliphatic heterocycles. The van der Waals surface area contributed by atoms with Crippen molar-refractivity contribution in [1.82, 2.24) is 0 Å². The van der Waals surface area contributed by atoms with Crippen LogP contribution in [0.3, 0.4) is 0 Å². The topological polar surface area (TPSA) is 0 Å². The molecule has 0 saturated heterocycles. The third kappa shape index (κ3) is 8.72. The van der Waals surface area contributed by atoms with Gasteiger partial charge in [0, 0.05) is 0 Å². The Morgan fingerprint density at radius 1 is 0.579 bits per heavy atom. The van der Waals surface area contributed by atoms with Crippen LogP contribution in [0.4, 0.5) is 0 Å². The molecule has 0 nitrogen and oxygen atoms in total. The summed E-state index contributed by atoms with van der Waals surface area (Å²) < 4.78 is 5.61. The Morgan fingerprint density at radius 2 is 0.789 bits per heavy atom. The summed E-state index contributed by atoms with van der Waals surface area (Å²) >= 11 is -2.32. The van der Waals surface area contributed by atoms with Gasteiger partial charge in [0.15, 0.2) is 0 Å². The van der Waals surface area contributed by atoms with E-state index in [-0.39, 0.29) is 0 Å². The first-order valence-corrected chi connectivity index (χ1v) is 18.6. The van der Waals surface area contributed by atoms with E-state index in [0.29, 0.717) is 16.2 Å². The Kier molecular flexibility index (Phi) is 6.66. The summed E-state index contributed by atoms with van der Waals surface area (Å²) in [7, 11) is 0. The van der Waals surface area contributed by atoms with Crippen molar-refractivity contribution in [2.45, 2.75) is 91.6 Å². The Labute approximate surface area is 128 Å². The van der Waals surface area contributed by atoms with Crippen molar-refractivity contribution in [2.75, 3.05) is 0 Å². The van der Waals surface area contributed by atoms with Crippen LogP contribution < -0.4 is 0 Å². The van der Waals surface area contributed by atoms with Crippen molar-refractivity contribution in [3.63, 3.8) is 0 Å². The van der Waals surface area contributed by atoms with Gasteiger partial charge in [0.1, 0.15) is 0 Å². The van der Waals surface area contributed by atoms with Crippen LogP contribution in [0.15, 0.2) is 0 Å². The van der Waals surface area contributed by atoms with Crippen LogP contribution in [0.5, 0.6) is 0 Å². The van der Waals surface area contributed by atoms with Gasteiger partial charge in [0.25, 0.3) is 0 Å². The third-order valence-electron chi connectivity index (χ3n) is 3.87. The summed E-state index contributed by atoms with van der Waals surface area (Å²) in [4.78, 5) is 0. The van der Waals surface area contributed by atoms with Gasteiger partial charge in [-0.2, -0.15) is 0 Å². The van der Waals surface area contributed by atoms with E-state index < -0.39 is 21.2 Å². The van der Waals surface area contributed by atoms with Crippen LogP contribution in [0.2, 0.25) is 15.4 Å². The Bertz CT molecular complexity index is 227. The molecule has 0 atom stereocenters. The average Bonchev–Trinajstić information content (AvgIpc) is 1.91. The molecule has 0 rings (SSSR count). The molecule has 116 valence electrons. The fraction of sp³-hybridized carbons (Fsp3) is 1.00. The second-order valence-electron chi connectivity index (χ2n) is 10.7. The number of hydrogen-bond acceptors (Lipinski definition) is 0. The summed E-state index contributed by atoms with van der Waals surface area (Å²) in [6.45, 7) is 27.1. The van der Waals surface area contributed by atoms with Gasteiger partial charge in [-0.3, -0.25) is 0 Å². The molecule has 0 unspecified atom stereocenters. The Balaban J connectivity index is 5.48. The Morgan fingerprint density at radius 3 is 0.895 bits per heavy atom. The molecular weight excluding hydrogens is 423 g/mol. The van der Waals surface area contributed by atoms with Crippen molar-refractivity contribution < 1.29 is 0 Å². The van der Waals surface area contributed by atoms with Crippen LogP contribution in [0, 0.1) is 16.2 Å². The molecule has 0 aromatic carbocycles. The predicted octanol–water partition coefficient (Wildman–Crippen LogP) is 6.98. The molecule has 0 radical (unpaired) electrons. The van der Waals surface area contributed by atoms with Crippen LogP contribution >= 0.6 is 0 Å². The van der Waals surface area contributed by atoms with Gasteiger partial charge in [-0.25, -0.2) is 0 Å². The van der Waals surface area contributed by atoms with Gasteiger partial charge in [0.05, 0.1) is 0 Å². The summed E-state index contributed by atoms with van der Waals surface area (Å²) in [6.07, 6.45) is 0. The zero-order valence-corrected chi connectivity index (χ0v) is 19.6. The molecule has 1 heteroatoms. The normalized spacial score (nSPS) is 15.2. The van der Waals surface area contributed by atoms with Crippen molar-refractivity contribution in [2.24, 2.45) is 16.2 Å². The first-order valence-electron chi connectivity index (χ1n) is 8.06. The Hall–Kier alpha value is 0.922. The fourth-order valence-corrected chi connectivity index (χ4v) is 34.8. The van der Waals surface area contributed by atoms with Crippen LogP contribution in [0.25, 0.3) is 0 Å². The molecule has 0 fully saturated rings. The van der Waals surface area contributed by atoms with Gasteiger partial charge < -0.3 is 0 Å². The van der Waals surface area contributed by atoms with E-state index in [1.807, 2.05) is 0 Å². The number of rotatable bonds is 4. The molecule has 0 amide bonds. The molecule has 0 heterocycles. The van der Waals surface area contributed by atoms with Crippen molar-refractivity contribution in [3.05, 3.63) is 0 Å². The van der Waals surface area contributed by atoms with Crippen LogP contribution in [-0.2, 0) is 0 Å². The van der Waals surface area contributed by atoms with Gasteiger partial charge in [-0.1, -0.05) is 0 Å². The predicted molar refractivity (Wildman–Crippen MR) is 93.6 cm³/mol. The maximum atomic E-state index is 2.53. The van der Waals surface area contributed by atoms with E-state index in [4.69, 9.17) is 0 Å². The van der Waals surface area contributed by atoms with E-state index in [9.17, 15) is 0 Å². The van der Waals surface area contributed by atoms with Crippen molar-refractivity contribution >= 4 is 21.2 Å². The second kappa shape index (κ2) is 6.36. The van der Waals surface area contributed by atoms with Crippen LogP contribution in [0.1, 0.15) is 76.2 Å². The maximum absolute atomic E-state index is 2.53. The van der Waals surface area contributed by atoms with Gasteiger partial charge in [-0.15, -0.1) is 0 Å². The van der Waals surface area contributed by atoms with Gasteiger partial charge >= 0.3 is 129 Å². The standard InChI is InChI=1S/3C5H11.C3H7.Pb/c3*1-5(2,3)4;1-3-2;/h3*1H2,2-4H3;3H,1-2H3;. The van der Waals surface area contributed by atoms with E-state index in [1.54, 1.807) is 11.9 Å². The van der Waals surface area contributed by atoms with Gasteiger partial charge in [0.2, 0.25) is 0 Å². The molecule has 19 heavy (non-hydrogen) atoms. The zero-order chi connectivity index (χ0) is 15.7.